The van der Waals surface area contributed by atoms with E-state index in [-0.39, 0.29) is 6.10 Å². The van der Waals surface area contributed by atoms with Crippen LogP contribution in [0.3, 0.4) is 0 Å². The van der Waals surface area contributed by atoms with Crippen LogP contribution in [-0.4, -0.2) is 23.7 Å². The second-order valence-corrected chi connectivity index (χ2v) is 6.34. The van der Waals surface area contributed by atoms with Crippen molar-refractivity contribution in [3.63, 3.8) is 0 Å². The fourth-order valence-electron chi connectivity index (χ4n) is 2.25. The van der Waals surface area contributed by atoms with Crippen LogP contribution in [0.25, 0.3) is 0 Å². The Morgan fingerprint density at radius 3 is 2.83 bits per heavy atom. The summed E-state index contributed by atoms with van der Waals surface area (Å²) in [6.07, 6.45) is 1.52. The first kappa shape index (κ1) is 13.8. The van der Waals surface area contributed by atoms with Gasteiger partial charge in [0.1, 0.15) is 5.75 Å². The van der Waals surface area contributed by atoms with Crippen LogP contribution in [0.4, 0.5) is 0 Å². The molecule has 18 heavy (non-hydrogen) atoms. The fourth-order valence-corrected chi connectivity index (χ4v) is 3.41. The minimum absolute atomic E-state index is 0.231. The van der Waals surface area contributed by atoms with Crippen molar-refractivity contribution in [2.75, 3.05) is 11.5 Å². The summed E-state index contributed by atoms with van der Waals surface area (Å²) in [5, 5.41) is 3.70. The molecule has 2 nitrogen and oxygen atoms in total. The lowest BCUT2D eigenvalue weighted by atomic mass is 10.1. The van der Waals surface area contributed by atoms with Crippen LogP contribution in [0.5, 0.6) is 5.75 Å². The summed E-state index contributed by atoms with van der Waals surface area (Å²) in [7, 11) is 0. The van der Waals surface area contributed by atoms with Gasteiger partial charge in [0.15, 0.2) is 0 Å². The van der Waals surface area contributed by atoms with Gasteiger partial charge in [-0.25, -0.2) is 0 Å². The van der Waals surface area contributed by atoms with Gasteiger partial charge in [0, 0.05) is 17.8 Å². The molecule has 0 saturated carbocycles. The average molecular weight is 265 g/mol. The lowest BCUT2D eigenvalue weighted by Gasteiger charge is -2.20. The summed E-state index contributed by atoms with van der Waals surface area (Å²) in [6.45, 7) is 6.35. The third kappa shape index (κ3) is 3.92. The molecule has 1 heterocycles. The summed E-state index contributed by atoms with van der Waals surface area (Å²) in [5.41, 5.74) is 1.31. The Bertz CT molecular complexity index is 375. The molecule has 0 spiro atoms. The molecule has 1 aromatic rings. The minimum Gasteiger partial charge on any atom is -0.491 e. The first-order valence-corrected chi connectivity index (χ1v) is 7.91. The van der Waals surface area contributed by atoms with Gasteiger partial charge in [0.25, 0.3) is 0 Å². The highest BCUT2D eigenvalue weighted by Gasteiger charge is 2.18. The van der Waals surface area contributed by atoms with E-state index in [0.29, 0.717) is 12.1 Å². The lowest BCUT2D eigenvalue weighted by molar-refractivity contribution is 0.242. The van der Waals surface area contributed by atoms with E-state index < -0.39 is 0 Å². The van der Waals surface area contributed by atoms with E-state index in [9.17, 15) is 0 Å². The van der Waals surface area contributed by atoms with Crippen molar-refractivity contribution in [1.82, 2.24) is 5.32 Å². The molecule has 2 unspecified atom stereocenters. The number of rotatable bonds is 5. The van der Waals surface area contributed by atoms with Gasteiger partial charge in [-0.05, 0) is 50.6 Å². The maximum Gasteiger partial charge on any atom is 0.120 e. The van der Waals surface area contributed by atoms with Crippen LogP contribution in [-0.2, 0) is 0 Å². The van der Waals surface area contributed by atoms with Gasteiger partial charge in [-0.1, -0.05) is 12.1 Å². The van der Waals surface area contributed by atoms with Gasteiger partial charge in [-0.3, -0.25) is 0 Å². The number of ether oxygens (including phenoxy) is 1. The number of hydrogen-bond acceptors (Lipinski definition) is 3. The molecule has 100 valence electrons. The van der Waals surface area contributed by atoms with Crippen LogP contribution in [0, 0.1) is 0 Å². The molecule has 1 aromatic carbocycles. The standard InChI is InChI=1S/C15H23NOS/c1-11(2)17-15-6-4-5-13(9-15)12(3)16-14-7-8-18-10-14/h4-6,9,11-12,14,16H,7-8,10H2,1-3H3. The molecule has 0 aliphatic carbocycles. The first-order valence-electron chi connectivity index (χ1n) is 6.75. The molecule has 2 rings (SSSR count). The van der Waals surface area contributed by atoms with E-state index >= 15 is 0 Å². The Balaban J connectivity index is 1.98. The zero-order chi connectivity index (χ0) is 13.0. The first-order chi connectivity index (χ1) is 8.65. The lowest BCUT2D eigenvalue weighted by Crippen LogP contribution is -2.31. The largest absolute Gasteiger partial charge is 0.491 e. The summed E-state index contributed by atoms with van der Waals surface area (Å²) < 4.78 is 5.74. The van der Waals surface area contributed by atoms with Crippen LogP contribution in [0.1, 0.15) is 38.8 Å². The predicted octanol–water partition coefficient (Wildman–Crippen LogP) is 3.63. The molecule has 0 aromatic heterocycles. The van der Waals surface area contributed by atoms with Gasteiger partial charge in [0.2, 0.25) is 0 Å². The normalized spacial score (nSPS) is 21.2. The topological polar surface area (TPSA) is 21.3 Å². The Kier molecular flexibility index (Phi) is 4.95. The van der Waals surface area contributed by atoms with Gasteiger partial charge in [-0.15, -0.1) is 0 Å². The summed E-state index contributed by atoms with van der Waals surface area (Å²) in [4.78, 5) is 0. The second kappa shape index (κ2) is 6.48. The molecule has 1 saturated heterocycles. The highest BCUT2D eigenvalue weighted by Crippen LogP contribution is 2.23. The van der Waals surface area contributed by atoms with Crippen molar-refractivity contribution < 1.29 is 4.74 Å². The summed E-state index contributed by atoms with van der Waals surface area (Å²) >= 11 is 2.04. The monoisotopic (exact) mass is 265 g/mol. The molecule has 1 aliphatic rings. The molecule has 1 aliphatic heterocycles. The van der Waals surface area contributed by atoms with Crippen LogP contribution >= 0.6 is 11.8 Å². The zero-order valence-electron chi connectivity index (χ0n) is 11.5. The van der Waals surface area contributed by atoms with E-state index in [4.69, 9.17) is 4.74 Å². The SMILES string of the molecule is CC(C)Oc1cccc(C(C)NC2CCSC2)c1. The molecule has 0 bridgehead atoms. The van der Waals surface area contributed by atoms with Crippen molar-refractivity contribution in [2.24, 2.45) is 0 Å². The van der Waals surface area contributed by atoms with E-state index in [1.807, 2.05) is 17.8 Å². The van der Waals surface area contributed by atoms with E-state index in [1.165, 1.54) is 23.5 Å². The molecule has 2 atom stereocenters. The van der Waals surface area contributed by atoms with Crippen molar-refractivity contribution >= 4 is 11.8 Å². The van der Waals surface area contributed by atoms with Crippen LogP contribution < -0.4 is 10.1 Å². The molecule has 0 amide bonds. The third-order valence-electron chi connectivity index (χ3n) is 3.15. The maximum atomic E-state index is 5.74. The molecular formula is C15H23NOS. The Labute approximate surface area is 114 Å². The van der Waals surface area contributed by atoms with Gasteiger partial charge >= 0.3 is 0 Å². The number of nitrogens with one attached hydrogen (secondary N) is 1. The third-order valence-corrected chi connectivity index (χ3v) is 4.31. The van der Waals surface area contributed by atoms with Crippen molar-refractivity contribution in [3.8, 4) is 5.75 Å². The molecule has 1 fully saturated rings. The Morgan fingerprint density at radius 1 is 1.33 bits per heavy atom. The minimum atomic E-state index is 0.231. The molecule has 0 radical (unpaired) electrons. The molecule has 1 N–H and O–H groups in total. The second-order valence-electron chi connectivity index (χ2n) is 5.19. The summed E-state index contributed by atoms with van der Waals surface area (Å²) in [6, 6.07) is 9.49. The van der Waals surface area contributed by atoms with Crippen LogP contribution in [0.15, 0.2) is 24.3 Å². The van der Waals surface area contributed by atoms with E-state index in [1.54, 1.807) is 0 Å². The van der Waals surface area contributed by atoms with Gasteiger partial charge < -0.3 is 10.1 Å². The van der Waals surface area contributed by atoms with Crippen molar-refractivity contribution in [2.45, 2.75) is 45.4 Å². The molecular weight excluding hydrogens is 242 g/mol. The smallest absolute Gasteiger partial charge is 0.120 e. The van der Waals surface area contributed by atoms with E-state index in [0.717, 1.165) is 5.75 Å². The van der Waals surface area contributed by atoms with Crippen molar-refractivity contribution in [3.05, 3.63) is 29.8 Å². The Morgan fingerprint density at radius 2 is 2.17 bits per heavy atom. The zero-order valence-corrected chi connectivity index (χ0v) is 12.3. The molecule has 3 heteroatoms. The number of thioether (sulfide) groups is 1. The number of hydrogen-bond donors (Lipinski definition) is 1. The quantitative estimate of drug-likeness (QED) is 0.878. The van der Waals surface area contributed by atoms with E-state index in [2.05, 4.69) is 44.3 Å². The maximum absolute atomic E-state index is 5.74. The van der Waals surface area contributed by atoms with Gasteiger partial charge in [-0.2, -0.15) is 11.8 Å². The van der Waals surface area contributed by atoms with Gasteiger partial charge in [0.05, 0.1) is 6.10 Å². The number of benzene rings is 1. The highest BCUT2D eigenvalue weighted by molar-refractivity contribution is 7.99. The fraction of sp³-hybridized carbons (Fsp3) is 0.600. The highest BCUT2D eigenvalue weighted by atomic mass is 32.2. The Hall–Kier alpha value is -0.670. The van der Waals surface area contributed by atoms with Crippen LogP contribution in [0.2, 0.25) is 0 Å². The average Bonchev–Trinajstić information content (AvgIpc) is 2.81. The predicted molar refractivity (Wildman–Crippen MR) is 79.5 cm³/mol. The van der Waals surface area contributed by atoms with Crippen molar-refractivity contribution in [1.29, 1.82) is 0 Å². The summed E-state index contributed by atoms with van der Waals surface area (Å²) in [5.74, 6) is 3.50.